The van der Waals surface area contributed by atoms with Gasteiger partial charge in [0.2, 0.25) is 0 Å². The summed E-state index contributed by atoms with van der Waals surface area (Å²) in [5, 5.41) is 11.9. The Hall–Kier alpha value is -1.59. The summed E-state index contributed by atoms with van der Waals surface area (Å²) in [5.41, 5.74) is 1.36. The number of halogens is 1. The molecule has 0 saturated heterocycles. The number of carboxylic acids is 1. The number of carboxylic acid groups (broad SMARTS) is 1. The van der Waals surface area contributed by atoms with E-state index in [4.69, 9.17) is 21.4 Å². The van der Waals surface area contributed by atoms with E-state index in [0.717, 1.165) is 35.6 Å². The molecule has 1 N–H and O–H groups in total. The molecule has 1 aromatic heterocycles. The van der Waals surface area contributed by atoms with E-state index < -0.39 is 5.97 Å². The Morgan fingerprint density at radius 1 is 1.41 bits per heavy atom. The van der Waals surface area contributed by atoms with Crippen LogP contribution in [0.5, 0.6) is 5.75 Å². The van der Waals surface area contributed by atoms with E-state index in [1.165, 1.54) is 11.3 Å². The lowest BCUT2D eigenvalue weighted by Crippen LogP contribution is -2.00. The van der Waals surface area contributed by atoms with Crippen LogP contribution in [-0.4, -0.2) is 22.7 Å². The number of nitrogens with zero attached hydrogens (tertiary/aromatic N) is 1. The zero-order valence-corrected chi connectivity index (χ0v) is 13.9. The summed E-state index contributed by atoms with van der Waals surface area (Å²) in [6, 6.07) is 5.42. The van der Waals surface area contributed by atoms with E-state index in [9.17, 15) is 4.79 Å². The Kier molecular flexibility index (Phi) is 6.21. The van der Waals surface area contributed by atoms with Crippen LogP contribution < -0.4 is 4.74 Å². The van der Waals surface area contributed by atoms with Crippen molar-refractivity contribution in [2.75, 3.05) is 6.61 Å². The molecule has 0 bridgehead atoms. The highest BCUT2D eigenvalue weighted by molar-refractivity contribution is 7.13. The van der Waals surface area contributed by atoms with Crippen molar-refractivity contribution in [1.29, 1.82) is 0 Å². The van der Waals surface area contributed by atoms with Crippen molar-refractivity contribution in [1.82, 2.24) is 4.98 Å². The van der Waals surface area contributed by atoms with Gasteiger partial charge in [0, 0.05) is 10.4 Å². The zero-order valence-electron chi connectivity index (χ0n) is 12.3. The Balaban J connectivity index is 2.19. The lowest BCUT2D eigenvalue weighted by molar-refractivity contribution is -0.136. The van der Waals surface area contributed by atoms with Crippen LogP contribution in [0.4, 0.5) is 0 Å². The zero-order chi connectivity index (χ0) is 15.9. The Bertz CT molecular complexity index is 642. The minimum Gasteiger partial charge on any atom is -0.493 e. The number of unbranched alkanes of at least 4 members (excludes halogenated alkanes) is 2. The maximum absolute atomic E-state index is 10.8. The first-order valence-corrected chi connectivity index (χ1v) is 8.45. The molecule has 2 aromatic rings. The molecule has 22 heavy (non-hydrogen) atoms. The number of rotatable bonds is 8. The SMILES string of the molecule is CCCCCOc1ccc(Cl)cc1-c1nc(CC(=O)O)cs1. The van der Waals surface area contributed by atoms with Crippen LogP contribution in [0.2, 0.25) is 5.02 Å². The first-order chi connectivity index (χ1) is 10.6. The lowest BCUT2D eigenvalue weighted by Gasteiger charge is -2.10. The fourth-order valence-electron chi connectivity index (χ4n) is 2.00. The fraction of sp³-hybridized carbons (Fsp3) is 0.375. The highest BCUT2D eigenvalue weighted by atomic mass is 35.5. The van der Waals surface area contributed by atoms with Gasteiger partial charge in [-0.3, -0.25) is 4.79 Å². The number of hydrogen-bond acceptors (Lipinski definition) is 4. The molecule has 0 radical (unpaired) electrons. The quantitative estimate of drug-likeness (QED) is 0.710. The fourth-order valence-corrected chi connectivity index (χ4v) is 3.01. The number of ether oxygens (including phenoxy) is 1. The van der Waals surface area contributed by atoms with Crippen molar-refractivity contribution in [3.8, 4) is 16.3 Å². The molecule has 118 valence electrons. The number of hydrogen-bond donors (Lipinski definition) is 1. The molecule has 0 saturated carbocycles. The van der Waals surface area contributed by atoms with Crippen LogP contribution in [0.15, 0.2) is 23.6 Å². The van der Waals surface area contributed by atoms with Crippen molar-refractivity contribution < 1.29 is 14.6 Å². The second kappa shape index (κ2) is 8.15. The molecule has 0 aliphatic heterocycles. The van der Waals surface area contributed by atoms with Crippen LogP contribution in [0.25, 0.3) is 10.6 Å². The monoisotopic (exact) mass is 339 g/mol. The van der Waals surface area contributed by atoms with Gasteiger partial charge in [-0.05, 0) is 24.6 Å². The second-order valence-electron chi connectivity index (χ2n) is 4.91. The van der Waals surface area contributed by atoms with Gasteiger partial charge in [-0.1, -0.05) is 31.4 Å². The van der Waals surface area contributed by atoms with Gasteiger partial charge in [-0.2, -0.15) is 0 Å². The van der Waals surface area contributed by atoms with Gasteiger partial charge >= 0.3 is 5.97 Å². The topological polar surface area (TPSA) is 59.4 Å². The normalized spacial score (nSPS) is 10.6. The maximum atomic E-state index is 10.8. The highest BCUT2D eigenvalue weighted by Crippen LogP contribution is 2.34. The largest absolute Gasteiger partial charge is 0.493 e. The number of carbonyl (C=O) groups is 1. The molecule has 6 heteroatoms. The van der Waals surface area contributed by atoms with Crippen molar-refractivity contribution >= 4 is 28.9 Å². The van der Waals surface area contributed by atoms with E-state index in [0.29, 0.717) is 17.3 Å². The van der Waals surface area contributed by atoms with Crippen molar-refractivity contribution in [3.05, 3.63) is 34.3 Å². The van der Waals surface area contributed by atoms with E-state index in [-0.39, 0.29) is 6.42 Å². The minimum absolute atomic E-state index is 0.0796. The Labute approximate surface area is 138 Å². The molecule has 0 amide bonds. The first-order valence-electron chi connectivity index (χ1n) is 7.19. The molecule has 0 unspecified atom stereocenters. The highest BCUT2D eigenvalue weighted by Gasteiger charge is 2.13. The van der Waals surface area contributed by atoms with Gasteiger partial charge in [0.25, 0.3) is 0 Å². The molecule has 4 nitrogen and oxygen atoms in total. The van der Waals surface area contributed by atoms with Crippen LogP contribution in [-0.2, 0) is 11.2 Å². The van der Waals surface area contributed by atoms with Crippen LogP contribution in [0, 0.1) is 0 Å². The number of aliphatic carboxylic acids is 1. The average molecular weight is 340 g/mol. The molecule has 0 aliphatic carbocycles. The van der Waals surface area contributed by atoms with E-state index in [2.05, 4.69) is 11.9 Å². The summed E-state index contributed by atoms with van der Waals surface area (Å²) in [6.07, 6.45) is 3.19. The third-order valence-electron chi connectivity index (χ3n) is 3.06. The average Bonchev–Trinajstić information content (AvgIpc) is 2.92. The van der Waals surface area contributed by atoms with Crippen molar-refractivity contribution in [2.24, 2.45) is 0 Å². The Morgan fingerprint density at radius 3 is 2.95 bits per heavy atom. The van der Waals surface area contributed by atoms with E-state index in [1.54, 1.807) is 17.5 Å². The summed E-state index contributed by atoms with van der Waals surface area (Å²) in [4.78, 5) is 15.1. The number of aromatic nitrogens is 1. The van der Waals surface area contributed by atoms with Crippen molar-refractivity contribution in [3.63, 3.8) is 0 Å². The van der Waals surface area contributed by atoms with Crippen LogP contribution >= 0.6 is 22.9 Å². The Morgan fingerprint density at radius 2 is 2.23 bits per heavy atom. The van der Waals surface area contributed by atoms with Gasteiger partial charge in [0.15, 0.2) is 0 Å². The van der Waals surface area contributed by atoms with Gasteiger partial charge in [-0.25, -0.2) is 4.98 Å². The molecule has 0 aliphatic rings. The molecule has 1 aromatic carbocycles. The standard InChI is InChI=1S/C16H18ClNO3S/c1-2-3-4-7-21-14-6-5-11(17)8-13(14)16-18-12(10-22-16)9-15(19)20/h5-6,8,10H,2-4,7,9H2,1H3,(H,19,20). The maximum Gasteiger partial charge on any atom is 0.309 e. The van der Waals surface area contributed by atoms with Gasteiger partial charge < -0.3 is 9.84 Å². The smallest absolute Gasteiger partial charge is 0.309 e. The minimum atomic E-state index is -0.890. The molecule has 2 rings (SSSR count). The molecule has 0 atom stereocenters. The predicted octanol–water partition coefficient (Wildman–Crippen LogP) is 4.66. The summed E-state index contributed by atoms with van der Waals surface area (Å²) >= 11 is 7.47. The van der Waals surface area contributed by atoms with Crippen LogP contribution in [0.1, 0.15) is 31.9 Å². The van der Waals surface area contributed by atoms with Gasteiger partial charge in [0.1, 0.15) is 10.8 Å². The van der Waals surface area contributed by atoms with Gasteiger partial charge in [-0.15, -0.1) is 11.3 Å². The third-order valence-corrected chi connectivity index (χ3v) is 4.22. The predicted molar refractivity (Wildman–Crippen MR) is 88.9 cm³/mol. The summed E-state index contributed by atoms with van der Waals surface area (Å²) in [6.45, 7) is 2.79. The number of benzene rings is 1. The van der Waals surface area contributed by atoms with E-state index >= 15 is 0 Å². The molecular weight excluding hydrogens is 322 g/mol. The molecular formula is C16H18ClNO3S. The molecule has 0 fully saturated rings. The molecule has 1 heterocycles. The molecule has 0 spiro atoms. The number of thiazole rings is 1. The van der Waals surface area contributed by atoms with Crippen LogP contribution in [0.3, 0.4) is 0 Å². The lowest BCUT2D eigenvalue weighted by atomic mass is 10.2. The third kappa shape index (κ3) is 4.71. The van der Waals surface area contributed by atoms with E-state index in [1.807, 2.05) is 6.07 Å². The second-order valence-corrected chi connectivity index (χ2v) is 6.21. The summed E-state index contributed by atoms with van der Waals surface area (Å²) in [7, 11) is 0. The summed E-state index contributed by atoms with van der Waals surface area (Å²) < 4.78 is 5.83. The van der Waals surface area contributed by atoms with Gasteiger partial charge in [0.05, 0.1) is 24.3 Å². The first kappa shape index (κ1) is 16.8. The van der Waals surface area contributed by atoms with Crippen molar-refractivity contribution in [2.45, 2.75) is 32.6 Å². The summed E-state index contributed by atoms with van der Waals surface area (Å²) in [5.74, 6) is -0.157.